The van der Waals surface area contributed by atoms with Gasteiger partial charge in [0.05, 0.1) is 0 Å². The number of carbonyl (C=O) groups excluding carboxylic acids is 1. The minimum Gasteiger partial charge on any atom is -0.341 e. The van der Waals surface area contributed by atoms with Gasteiger partial charge < -0.3 is 9.80 Å². The Morgan fingerprint density at radius 3 is 2.50 bits per heavy atom. The Morgan fingerprint density at radius 1 is 1.08 bits per heavy atom. The lowest BCUT2D eigenvalue weighted by atomic mass is 9.93. The van der Waals surface area contributed by atoms with E-state index >= 15 is 0 Å². The van der Waals surface area contributed by atoms with Gasteiger partial charge in [-0.1, -0.05) is 18.2 Å². The summed E-state index contributed by atoms with van der Waals surface area (Å²) in [5, 5.41) is 0. The highest BCUT2D eigenvalue weighted by atomic mass is 16.2. The van der Waals surface area contributed by atoms with Crippen molar-refractivity contribution >= 4 is 17.5 Å². The van der Waals surface area contributed by atoms with Crippen LogP contribution in [0.1, 0.15) is 36.2 Å². The smallest absolute Gasteiger partial charge is 0.227 e. The largest absolute Gasteiger partial charge is 0.341 e. The lowest BCUT2D eigenvalue weighted by molar-refractivity contribution is -0.119. The number of aryl methyl sites for hydroxylation is 2. The number of carbonyl (C=O) groups is 1. The van der Waals surface area contributed by atoms with Gasteiger partial charge in [0.1, 0.15) is 0 Å². The Morgan fingerprint density at radius 2 is 1.77 bits per heavy atom. The number of hydrogen-bond acceptors (Lipinski definition) is 4. The van der Waals surface area contributed by atoms with Gasteiger partial charge in [0, 0.05) is 43.1 Å². The van der Waals surface area contributed by atoms with E-state index in [1.54, 1.807) is 0 Å². The summed E-state index contributed by atoms with van der Waals surface area (Å²) in [6.45, 7) is 6.71. The van der Waals surface area contributed by atoms with Crippen molar-refractivity contribution < 1.29 is 4.79 Å². The topological polar surface area (TPSA) is 49.3 Å². The molecule has 0 N–H and O–H groups in total. The summed E-state index contributed by atoms with van der Waals surface area (Å²) >= 11 is 0. The lowest BCUT2D eigenvalue weighted by Gasteiger charge is -2.32. The van der Waals surface area contributed by atoms with Gasteiger partial charge in [0.15, 0.2) is 0 Å². The van der Waals surface area contributed by atoms with Gasteiger partial charge in [-0.15, -0.1) is 0 Å². The Hall–Kier alpha value is -2.43. The fourth-order valence-corrected chi connectivity index (χ4v) is 4.14. The van der Waals surface area contributed by atoms with Gasteiger partial charge >= 0.3 is 0 Å². The van der Waals surface area contributed by atoms with E-state index in [0.29, 0.717) is 12.3 Å². The number of para-hydroxylation sites is 1. The van der Waals surface area contributed by atoms with Crippen LogP contribution in [0, 0.1) is 19.8 Å². The molecule has 4 rings (SSSR count). The second kappa shape index (κ2) is 7.06. The summed E-state index contributed by atoms with van der Waals surface area (Å²) in [7, 11) is 0. The van der Waals surface area contributed by atoms with Gasteiger partial charge in [-0.2, -0.15) is 0 Å². The first-order valence-electron chi connectivity index (χ1n) is 9.55. The molecule has 0 bridgehead atoms. The average Bonchev–Trinajstić information content (AvgIpc) is 3.06. The highest BCUT2D eigenvalue weighted by Gasteiger charge is 2.28. The Balaban J connectivity index is 1.35. The summed E-state index contributed by atoms with van der Waals surface area (Å²) in [4.78, 5) is 26.2. The summed E-state index contributed by atoms with van der Waals surface area (Å²) in [6, 6.07) is 10.3. The van der Waals surface area contributed by atoms with Crippen LogP contribution in [0.3, 0.4) is 0 Å². The van der Waals surface area contributed by atoms with E-state index in [0.717, 1.165) is 61.9 Å². The fourth-order valence-electron chi connectivity index (χ4n) is 4.14. The molecule has 1 amide bonds. The zero-order valence-electron chi connectivity index (χ0n) is 15.6. The third-order valence-corrected chi connectivity index (χ3v) is 5.52. The monoisotopic (exact) mass is 350 g/mol. The molecule has 1 fully saturated rings. The second-order valence-corrected chi connectivity index (χ2v) is 7.51. The molecule has 0 atom stereocenters. The van der Waals surface area contributed by atoms with Gasteiger partial charge in [-0.25, -0.2) is 9.97 Å². The van der Waals surface area contributed by atoms with E-state index in [4.69, 9.17) is 0 Å². The molecule has 0 aliphatic carbocycles. The third kappa shape index (κ3) is 3.43. The van der Waals surface area contributed by atoms with Crippen molar-refractivity contribution in [2.75, 3.05) is 29.4 Å². The number of anilines is 2. The van der Waals surface area contributed by atoms with Crippen LogP contribution in [-0.4, -0.2) is 35.5 Å². The van der Waals surface area contributed by atoms with Crippen molar-refractivity contribution in [2.45, 2.75) is 39.5 Å². The predicted molar refractivity (Wildman–Crippen MR) is 104 cm³/mol. The number of aromatic nitrogens is 2. The van der Waals surface area contributed by atoms with Crippen LogP contribution >= 0.6 is 0 Å². The van der Waals surface area contributed by atoms with E-state index < -0.39 is 0 Å². The summed E-state index contributed by atoms with van der Waals surface area (Å²) in [5.74, 6) is 1.56. The number of nitrogens with zero attached hydrogens (tertiary/aromatic N) is 4. The van der Waals surface area contributed by atoms with Crippen LogP contribution in [-0.2, 0) is 11.2 Å². The minimum atomic E-state index is 0.274. The van der Waals surface area contributed by atoms with Crippen LogP contribution in [0.5, 0.6) is 0 Å². The highest BCUT2D eigenvalue weighted by molar-refractivity contribution is 5.95. The first kappa shape index (κ1) is 17.0. The first-order chi connectivity index (χ1) is 12.6. The number of benzene rings is 1. The maximum atomic E-state index is 12.8. The number of amides is 1. The Kier molecular flexibility index (Phi) is 4.62. The summed E-state index contributed by atoms with van der Waals surface area (Å²) in [6.07, 6.45) is 3.68. The van der Waals surface area contributed by atoms with E-state index in [1.165, 1.54) is 5.56 Å². The normalized spacial score (nSPS) is 17.5. The Labute approximate surface area is 155 Å². The lowest BCUT2D eigenvalue weighted by Crippen LogP contribution is -2.38. The minimum absolute atomic E-state index is 0.274. The molecule has 1 aromatic carbocycles. The van der Waals surface area contributed by atoms with Crippen LogP contribution in [0.2, 0.25) is 0 Å². The van der Waals surface area contributed by atoms with Crippen molar-refractivity contribution in [1.29, 1.82) is 0 Å². The van der Waals surface area contributed by atoms with E-state index in [1.807, 2.05) is 30.9 Å². The molecule has 2 aromatic rings. The van der Waals surface area contributed by atoms with Crippen LogP contribution in [0.25, 0.3) is 0 Å². The molecule has 0 unspecified atom stereocenters. The van der Waals surface area contributed by atoms with Crippen molar-refractivity contribution in [1.82, 2.24) is 9.97 Å². The Bertz CT molecular complexity index is 791. The van der Waals surface area contributed by atoms with Crippen molar-refractivity contribution in [3.05, 3.63) is 47.3 Å². The SMILES string of the molecule is Cc1cc(C)nc(N2CCC(CC(=O)N3CCc4ccccc43)CC2)n1. The van der Waals surface area contributed by atoms with Crippen molar-refractivity contribution in [2.24, 2.45) is 5.92 Å². The van der Waals surface area contributed by atoms with Gasteiger partial charge in [0.25, 0.3) is 0 Å². The van der Waals surface area contributed by atoms with Crippen LogP contribution < -0.4 is 9.80 Å². The van der Waals surface area contributed by atoms with E-state index in [9.17, 15) is 4.79 Å². The molecule has 1 aromatic heterocycles. The average molecular weight is 350 g/mol. The molecule has 0 radical (unpaired) electrons. The zero-order chi connectivity index (χ0) is 18.1. The molecule has 3 heterocycles. The first-order valence-corrected chi connectivity index (χ1v) is 9.55. The maximum Gasteiger partial charge on any atom is 0.227 e. The van der Waals surface area contributed by atoms with Crippen molar-refractivity contribution in [3.63, 3.8) is 0 Å². The van der Waals surface area contributed by atoms with E-state index in [-0.39, 0.29) is 5.91 Å². The van der Waals surface area contributed by atoms with Crippen LogP contribution in [0.15, 0.2) is 30.3 Å². The molecule has 26 heavy (non-hydrogen) atoms. The molecule has 1 saturated heterocycles. The number of hydrogen-bond donors (Lipinski definition) is 0. The van der Waals surface area contributed by atoms with Crippen molar-refractivity contribution in [3.8, 4) is 0 Å². The van der Waals surface area contributed by atoms with E-state index in [2.05, 4.69) is 33.1 Å². The molecule has 2 aliphatic heterocycles. The standard InChI is InChI=1S/C21H26N4O/c1-15-13-16(2)23-21(22-15)24-10-7-17(8-11-24)14-20(26)25-12-9-18-5-3-4-6-19(18)25/h3-6,13,17H,7-12,14H2,1-2H3. The third-order valence-electron chi connectivity index (χ3n) is 5.52. The quantitative estimate of drug-likeness (QED) is 0.852. The molecule has 5 nitrogen and oxygen atoms in total. The summed E-state index contributed by atoms with van der Waals surface area (Å²) < 4.78 is 0. The molecule has 2 aliphatic rings. The number of rotatable bonds is 3. The molecule has 0 spiro atoms. The van der Waals surface area contributed by atoms with Gasteiger partial charge in [0.2, 0.25) is 11.9 Å². The molecule has 5 heteroatoms. The molecular formula is C21H26N4O. The highest BCUT2D eigenvalue weighted by Crippen LogP contribution is 2.30. The second-order valence-electron chi connectivity index (χ2n) is 7.51. The van der Waals surface area contributed by atoms with Gasteiger partial charge in [-0.3, -0.25) is 4.79 Å². The molecule has 0 saturated carbocycles. The zero-order valence-corrected chi connectivity index (χ0v) is 15.6. The van der Waals surface area contributed by atoms with Crippen LogP contribution in [0.4, 0.5) is 11.6 Å². The predicted octanol–water partition coefficient (Wildman–Crippen LogP) is 3.29. The maximum absolute atomic E-state index is 12.8. The number of fused-ring (bicyclic) bond motifs is 1. The molecular weight excluding hydrogens is 324 g/mol. The molecule has 136 valence electrons. The van der Waals surface area contributed by atoms with Gasteiger partial charge in [-0.05, 0) is 56.7 Å². The summed E-state index contributed by atoms with van der Waals surface area (Å²) in [5.41, 5.74) is 4.43. The fraction of sp³-hybridized carbons (Fsp3) is 0.476. The number of piperidine rings is 1.